The Bertz CT molecular complexity index is 1050. The van der Waals surface area contributed by atoms with Crippen molar-refractivity contribution in [1.82, 2.24) is 9.78 Å². The highest BCUT2D eigenvalue weighted by Gasteiger charge is 2.16. The Kier molecular flexibility index (Phi) is 3.42. The van der Waals surface area contributed by atoms with Crippen LogP contribution in [-0.4, -0.2) is 27.5 Å². The van der Waals surface area contributed by atoms with E-state index in [-0.39, 0.29) is 11.3 Å². The van der Waals surface area contributed by atoms with E-state index in [1.807, 2.05) is 12.3 Å². The molecule has 0 unspecified atom stereocenters. The summed E-state index contributed by atoms with van der Waals surface area (Å²) in [6, 6.07) is 13.2. The van der Waals surface area contributed by atoms with E-state index in [0.717, 1.165) is 22.0 Å². The third-order valence-corrected chi connectivity index (χ3v) is 3.99. The summed E-state index contributed by atoms with van der Waals surface area (Å²) in [5.74, 6) is -0.887. The van der Waals surface area contributed by atoms with E-state index >= 15 is 0 Å². The first kappa shape index (κ1) is 15.2. The lowest BCUT2D eigenvalue weighted by Gasteiger charge is -2.05. The van der Waals surface area contributed by atoms with E-state index in [0.29, 0.717) is 5.69 Å². The molecule has 1 aliphatic carbocycles. The summed E-state index contributed by atoms with van der Waals surface area (Å²) in [5.41, 5.74) is 2.59. The molecular formula is C18H12F2N2O3. The monoisotopic (exact) mass is 342 g/mol. The SMILES string of the molecule is O=C(O)c1cccc(-n2cc3cc4cc(OC(F)F)ccc4c-3[nH]2)c1. The van der Waals surface area contributed by atoms with Crippen LogP contribution in [0, 0.1) is 0 Å². The number of benzene rings is 2. The van der Waals surface area contributed by atoms with Crippen LogP contribution < -0.4 is 4.74 Å². The molecule has 0 bridgehead atoms. The van der Waals surface area contributed by atoms with Gasteiger partial charge < -0.3 is 9.84 Å². The zero-order valence-corrected chi connectivity index (χ0v) is 12.7. The molecule has 5 nitrogen and oxygen atoms in total. The number of ether oxygens (including phenoxy) is 1. The second kappa shape index (κ2) is 5.62. The van der Waals surface area contributed by atoms with Crippen molar-refractivity contribution < 1.29 is 23.4 Å². The van der Waals surface area contributed by atoms with Crippen molar-refractivity contribution in [3.8, 4) is 22.7 Å². The number of rotatable bonds is 4. The van der Waals surface area contributed by atoms with Gasteiger partial charge in [0.25, 0.3) is 0 Å². The zero-order chi connectivity index (χ0) is 17.6. The quantitative estimate of drug-likeness (QED) is 0.579. The molecule has 0 saturated carbocycles. The van der Waals surface area contributed by atoms with Gasteiger partial charge in [0.15, 0.2) is 0 Å². The smallest absolute Gasteiger partial charge is 0.387 e. The molecule has 0 spiro atoms. The fourth-order valence-corrected chi connectivity index (χ4v) is 2.91. The van der Waals surface area contributed by atoms with Crippen LogP contribution in [-0.2, 0) is 0 Å². The van der Waals surface area contributed by atoms with E-state index in [1.54, 1.807) is 35.0 Å². The predicted molar refractivity (Wildman–Crippen MR) is 87.8 cm³/mol. The minimum Gasteiger partial charge on any atom is -0.478 e. The average Bonchev–Trinajstić information content (AvgIpc) is 3.11. The second-order valence-corrected chi connectivity index (χ2v) is 5.57. The first-order valence-corrected chi connectivity index (χ1v) is 7.43. The fraction of sp³-hybridized carbons (Fsp3) is 0.0556. The Hall–Kier alpha value is -3.35. The number of alkyl halides is 2. The Morgan fingerprint density at radius 2 is 2.00 bits per heavy atom. The van der Waals surface area contributed by atoms with E-state index < -0.39 is 12.6 Å². The molecule has 2 aromatic rings. The third-order valence-electron chi connectivity index (χ3n) is 3.99. The van der Waals surface area contributed by atoms with E-state index in [1.165, 1.54) is 12.1 Å². The molecule has 0 saturated heterocycles. The summed E-state index contributed by atoms with van der Waals surface area (Å²) >= 11 is 0. The van der Waals surface area contributed by atoms with Gasteiger partial charge in [0.05, 0.1) is 16.9 Å². The van der Waals surface area contributed by atoms with Gasteiger partial charge in [-0.15, -0.1) is 0 Å². The molecule has 7 heteroatoms. The normalized spacial score (nSPS) is 11.5. The largest absolute Gasteiger partial charge is 0.478 e. The number of aromatic nitrogens is 2. The maximum Gasteiger partial charge on any atom is 0.387 e. The van der Waals surface area contributed by atoms with Gasteiger partial charge >= 0.3 is 12.6 Å². The first-order valence-electron chi connectivity index (χ1n) is 7.43. The van der Waals surface area contributed by atoms with Gasteiger partial charge in [-0.05, 0) is 47.9 Å². The molecule has 4 rings (SSSR count). The topological polar surface area (TPSA) is 67.2 Å². The molecule has 0 radical (unpaired) electrons. The van der Waals surface area contributed by atoms with Gasteiger partial charge in [-0.2, -0.15) is 8.78 Å². The minimum absolute atomic E-state index is 0.109. The van der Waals surface area contributed by atoms with E-state index in [2.05, 4.69) is 9.84 Å². The molecule has 0 fully saturated rings. The first-order chi connectivity index (χ1) is 12.0. The standard InChI is InChI=1S/C18H12F2N2O3/c19-18(20)25-14-4-5-15-11(8-14)6-12-9-22(21-16(12)15)13-3-1-2-10(7-13)17(23)24/h1-9,18,21H,(H,23,24). The van der Waals surface area contributed by atoms with Gasteiger partial charge in [-0.25, -0.2) is 4.79 Å². The van der Waals surface area contributed by atoms with Crippen molar-refractivity contribution in [1.29, 1.82) is 0 Å². The Balaban J connectivity index is 1.77. The second-order valence-electron chi connectivity index (χ2n) is 5.57. The Morgan fingerprint density at radius 1 is 1.16 bits per heavy atom. The fourth-order valence-electron chi connectivity index (χ4n) is 2.91. The highest BCUT2D eigenvalue weighted by atomic mass is 19.3. The summed E-state index contributed by atoms with van der Waals surface area (Å²) in [4.78, 5) is 11.1. The lowest BCUT2D eigenvalue weighted by atomic mass is 10.2. The minimum atomic E-state index is -2.86. The van der Waals surface area contributed by atoms with Crippen molar-refractivity contribution in [2.45, 2.75) is 6.61 Å². The summed E-state index contributed by atoms with van der Waals surface area (Å²) in [7, 11) is 0. The molecule has 2 N–H and O–H groups in total. The summed E-state index contributed by atoms with van der Waals surface area (Å²) in [6.07, 6.45) is 1.82. The lowest BCUT2D eigenvalue weighted by Crippen LogP contribution is -2.01. The van der Waals surface area contributed by atoms with Crippen molar-refractivity contribution in [2.75, 3.05) is 0 Å². The van der Waals surface area contributed by atoms with Crippen LogP contribution in [0.15, 0.2) is 54.7 Å². The molecule has 2 aromatic carbocycles. The van der Waals surface area contributed by atoms with Gasteiger partial charge in [-0.1, -0.05) is 6.07 Å². The Labute approximate surface area is 140 Å². The number of carboxylic acids is 1. The maximum atomic E-state index is 12.3. The van der Waals surface area contributed by atoms with Crippen LogP contribution in [0.1, 0.15) is 10.4 Å². The van der Waals surface area contributed by atoms with Crippen molar-refractivity contribution >= 4 is 16.7 Å². The lowest BCUT2D eigenvalue weighted by molar-refractivity contribution is -0.0497. The summed E-state index contributed by atoms with van der Waals surface area (Å²) < 4.78 is 30.8. The Morgan fingerprint density at radius 3 is 2.76 bits per heavy atom. The number of carbonyl (C=O) groups is 1. The van der Waals surface area contributed by atoms with E-state index in [9.17, 15) is 13.6 Å². The number of aromatic amines is 1. The van der Waals surface area contributed by atoms with Gasteiger partial charge in [0, 0.05) is 17.1 Å². The van der Waals surface area contributed by atoms with Crippen molar-refractivity contribution in [3.63, 3.8) is 0 Å². The number of aromatic carboxylic acids is 1. The number of carboxylic acid groups (broad SMARTS) is 1. The molecule has 1 aliphatic heterocycles. The van der Waals surface area contributed by atoms with Gasteiger partial charge in [-0.3, -0.25) is 9.78 Å². The van der Waals surface area contributed by atoms with Gasteiger partial charge in [0.2, 0.25) is 0 Å². The summed E-state index contributed by atoms with van der Waals surface area (Å²) in [6.45, 7) is -2.86. The van der Waals surface area contributed by atoms with Crippen LogP contribution in [0.2, 0.25) is 0 Å². The molecule has 1 heterocycles. The van der Waals surface area contributed by atoms with Crippen LogP contribution in [0.3, 0.4) is 0 Å². The molecule has 0 atom stereocenters. The molecule has 25 heavy (non-hydrogen) atoms. The zero-order valence-electron chi connectivity index (χ0n) is 12.7. The molecule has 126 valence electrons. The number of hydrogen-bond donors (Lipinski definition) is 2. The number of hydrogen-bond acceptors (Lipinski definition) is 2. The molecular weight excluding hydrogens is 330 g/mol. The molecule has 2 aliphatic rings. The number of nitrogens with one attached hydrogen (secondary N) is 1. The van der Waals surface area contributed by atoms with Crippen LogP contribution in [0.5, 0.6) is 5.75 Å². The summed E-state index contributed by atoms with van der Waals surface area (Å²) in [5, 5.41) is 13.9. The maximum absolute atomic E-state index is 12.3. The number of H-pyrrole nitrogens is 1. The highest BCUT2D eigenvalue weighted by molar-refractivity contribution is 6.01. The van der Waals surface area contributed by atoms with Crippen molar-refractivity contribution in [3.05, 3.63) is 60.3 Å². The van der Waals surface area contributed by atoms with Crippen LogP contribution in [0.25, 0.3) is 27.7 Å². The van der Waals surface area contributed by atoms with Crippen molar-refractivity contribution in [2.24, 2.45) is 0 Å². The highest BCUT2D eigenvalue weighted by Crippen LogP contribution is 2.35. The van der Waals surface area contributed by atoms with Crippen LogP contribution in [0.4, 0.5) is 8.78 Å². The van der Waals surface area contributed by atoms with Crippen LogP contribution >= 0.6 is 0 Å². The number of fused-ring (bicyclic) bond motifs is 3. The average molecular weight is 342 g/mol. The number of nitrogens with zero attached hydrogens (tertiary/aromatic N) is 1. The molecule has 0 amide bonds. The third kappa shape index (κ3) is 2.69. The molecule has 0 aromatic heterocycles. The predicted octanol–water partition coefficient (Wildman–Crippen LogP) is 4.36. The van der Waals surface area contributed by atoms with E-state index in [4.69, 9.17) is 5.11 Å². The number of halogens is 2. The van der Waals surface area contributed by atoms with Gasteiger partial charge in [0.1, 0.15) is 5.75 Å².